The van der Waals surface area contributed by atoms with Gasteiger partial charge in [-0.15, -0.1) is 0 Å². The predicted molar refractivity (Wildman–Crippen MR) is 93.0 cm³/mol. The Morgan fingerprint density at radius 1 is 1.15 bits per heavy atom. The van der Waals surface area contributed by atoms with Gasteiger partial charge in [0.15, 0.2) is 0 Å². The molecule has 2 heterocycles. The Kier molecular flexibility index (Phi) is 5.59. The number of esters is 1. The second-order valence-corrected chi connectivity index (χ2v) is 6.59. The summed E-state index contributed by atoms with van der Waals surface area (Å²) in [7, 11) is 0. The lowest BCUT2D eigenvalue weighted by Crippen LogP contribution is -2.44. The molecule has 0 aliphatic carbocycles. The molecule has 1 amide bonds. The Labute approximate surface area is 153 Å². The van der Waals surface area contributed by atoms with E-state index in [9.17, 15) is 19.7 Å². The zero-order valence-corrected chi connectivity index (χ0v) is 14.5. The highest BCUT2D eigenvalue weighted by Crippen LogP contribution is 2.28. The molecule has 0 radical (unpaired) electrons. The third-order valence-corrected chi connectivity index (χ3v) is 4.86. The smallest absolute Gasteiger partial charge is 0.349 e. The Morgan fingerprint density at radius 2 is 1.85 bits per heavy atom. The van der Waals surface area contributed by atoms with Gasteiger partial charge < -0.3 is 14.4 Å². The summed E-state index contributed by atoms with van der Waals surface area (Å²) < 4.78 is 10.7. The molecule has 1 saturated heterocycles. The molecule has 26 heavy (non-hydrogen) atoms. The van der Waals surface area contributed by atoms with E-state index >= 15 is 0 Å². The molecule has 0 spiro atoms. The number of nitrogens with zero attached hydrogens (tertiary/aromatic N) is 2. The lowest BCUT2D eigenvalue weighted by molar-refractivity contribution is -0.380. The third-order valence-electron chi connectivity index (χ3n) is 3.85. The highest BCUT2D eigenvalue weighted by molar-refractivity contribution is 7.17. The summed E-state index contributed by atoms with van der Waals surface area (Å²) in [6.45, 7) is 1.70. The second-order valence-electron chi connectivity index (χ2n) is 5.53. The largest absolute Gasteiger partial charge is 0.443 e. The molecular formula is C17H16N2O6S. The van der Waals surface area contributed by atoms with Gasteiger partial charge in [0, 0.05) is 24.7 Å². The number of hydrogen-bond donors (Lipinski definition) is 0. The van der Waals surface area contributed by atoms with Crippen molar-refractivity contribution < 1.29 is 24.0 Å². The highest BCUT2D eigenvalue weighted by Gasteiger charge is 2.31. The van der Waals surface area contributed by atoms with Gasteiger partial charge in [-0.25, -0.2) is 4.79 Å². The van der Waals surface area contributed by atoms with Crippen molar-refractivity contribution in [3.63, 3.8) is 0 Å². The summed E-state index contributed by atoms with van der Waals surface area (Å²) in [6, 6.07) is 11.3. The van der Waals surface area contributed by atoms with E-state index in [4.69, 9.17) is 9.47 Å². The van der Waals surface area contributed by atoms with Crippen LogP contribution >= 0.6 is 11.3 Å². The van der Waals surface area contributed by atoms with Crippen molar-refractivity contribution in [2.75, 3.05) is 26.3 Å². The summed E-state index contributed by atoms with van der Waals surface area (Å²) in [5.74, 6) is -1.10. The quantitative estimate of drug-likeness (QED) is 0.451. The lowest BCUT2D eigenvalue weighted by Gasteiger charge is -2.30. The molecule has 0 bridgehead atoms. The Balaban J connectivity index is 1.82. The van der Waals surface area contributed by atoms with Crippen LogP contribution in [-0.4, -0.2) is 48.0 Å². The molecule has 0 N–H and O–H groups in total. The summed E-state index contributed by atoms with van der Waals surface area (Å²) in [5.41, 5.74) is 0.545. The zero-order chi connectivity index (χ0) is 18.5. The van der Waals surface area contributed by atoms with Crippen LogP contribution in [0.2, 0.25) is 0 Å². The van der Waals surface area contributed by atoms with E-state index in [2.05, 4.69) is 0 Å². The van der Waals surface area contributed by atoms with Crippen LogP contribution in [-0.2, 0) is 14.3 Å². The first kappa shape index (κ1) is 18.0. The minimum absolute atomic E-state index is 0.0763. The van der Waals surface area contributed by atoms with E-state index in [-0.39, 0.29) is 15.8 Å². The molecule has 1 aliphatic heterocycles. The monoisotopic (exact) mass is 376 g/mol. The van der Waals surface area contributed by atoms with Crippen molar-refractivity contribution >= 4 is 28.2 Å². The maximum atomic E-state index is 12.9. The molecular weight excluding hydrogens is 360 g/mol. The van der Waals surface area contributed by atoms with Crippen LogP contribution in [0.15, 0.2) is 42.5 Å². The maximum absolute atomic E-state index is 12.9. The minimum atomic E-state index is -1.11. The third kappa shape index (κ3) is 4.06. The fourth-order valence-electron chi connectivity index (χ4n) is 2.54. The highest BCUT2D eigenvalue weighted by atomic mass is 32.1. The number of amides is 1. The average Bonchev–Trinajstić information content (AvgIpc) is 3.17. The SMILES string of the molecule is O=C(O[C@@H](C(=O)N1CCOCC1)c1ccccc1)c1ccc([N+](=O)[O-])s1. The van der Waals surface area contributed by atoms with Gasteiger partial charge in [0.25, 0.3) is 5.91 Å². The van der Waals surface area contributed by atoms with Gasteiger partial charge in [-0.05, 0) is 6.07 Å². The number of ether oxygens (including phenoxy) is 2. The summed E-state index contributed by atoms with van der Waals surface area (Å²) in [5, 5.41) is 10.6. The molecule has 0 unspecified atom stereocenters. The van der Waals surface area contributed by atoms with Crippen LogP contribution in [0, 0.1) is 10.1 Å². The number of rotatable bonds is 5. The van der Waals surface area contributed by atoms with Crippen molar-refractivity contribution in [1.29, 1.82) is 0 Å². The van der Waals surface area contributed by atoms with Crippen LogP contribution in [0.25, 0.3) is 0 Å². The molecule has 136 valence electrons. The topological polar surface area (TPSA) is 99.0 Å². The van der Waals surface area contributed by atoms with Crippen molar-refractivity contribution in [2.24, 2.45) is 0 Å². The first-order valence-electron chi connectivity index (χ1n) is 7.93. The van der Waals surface area contributed by atoms with Gasteiger partial charge in [0.05, 0.1) is 18.1 Å². The van der Waals surface area contributed by atoms with E-state index < -0.39 is 17.0 Å². The molecule has 9 heteroatoms. The Morgan fingerprint density at radius 3 is 2.46 bits per heavy atom. The number of hydrogen-bond acceptors (Lipinski definition) is 7. The van der Waals surface area contributed by atoms with Crippen molar-refractivity contribution in [2.45, 2.75) is 6.10 Å². The molecule has 1 aliphatic rings. The van der Waals surface area contributed by atoms with Crippen LogP contribution in [0.3, 0.4) is 0 Å². The number of carbonyl (C=O) groups excluding carboxylic acids is 2. The Bertz CT molecular complexity index is 801. The molecule has 3 rings (SSSR count). The van der Waals surface area contributed by atoms with Crippen LogP contribution in [0.5, 0.6) is 0 Å². The summed E-state index contributed by atoms with van der Waals surface area (Å²) in [4.78, 5) is 37.2. The van der Waals surface area contributed by atoms with Crippen LogP contribution in [0.4, 0.5) is 5.00 Å². The maximum Gasteiger partial charge on any atom is 0.349 e. The van der Waals surface area contributed by atoms with Crippen LogP contribution in [0.1, 0.15) is 21.3 Å². The number of benzene rings is 1. The Hall–Kier alpha value is -2.78. The fourth-order valence-corrected chi connectivity index (χ4v) is 3.24. The average molecular weight is 376 g/mol. The summed E-state index contributed by atoms with van der Waals surface area (Å²) >= 11 is 0.715. The zero-order valence-electron chi connectivity index (χ0n) is 13.7. The molecule has 1 aromatic heterocycles. The normalized spacial score (nSPS) is 15.3. The van der Waals surface area contributed by atoms with E-state index in [1.54, 1.807) is 35.2 Å². The van der Waals surface area contributed by atoms with Gasteiger partial charge in [-0.3, -0.25) is 14.9 Å². The minimum Gasteiger partial charge on any atom is -0.443 e. The van der Waals surface area contributed by atoms with Gasteiger partial charge in [0.2, 0.25) is 6.10 Å². The van der Waals surface area contributed by atoms with E-state index in [0.29, 0.717) is 43.2 Å². The van der Waals surface area contributed by atoms with Gasteiger partial charge in [-0.2, -0.15) is 0 Å². The standard InChI is InChI=1S/C17H16N2O6S/c20-16(18-8-10-24-11-9-18)15(12-4-2-1-3-5-12)25-17(21)13-6-7-14(26-13)19(22)23/h1-7,15H,8-11H2/t15-/m1/s1. The van der Waals surface area contributed by atoms with Gasteiger partial charge >= 0.3 is 11.0 Å². The lowest BCUT2D eigenvalue weighted by atomic mass is 10.1. The van der Waals surface area contributed by atoms with E-state index in [1.165, 1.54) is 12.1 Å². The number of morpholine rings is 1. The molecule has 1 aromatic carbocycles. The van der Waals surface area contributed by atoms with E-state index in [1.807, 2.05) is 0 Å². The second kappa shape index (κ2) is 8.07. The molecule has 0 saturated carbocycles. The number of nitro groups is 1. The molecule has 8 nitrogen and oxygen atoms in total. The first-order chi connectivity index (χ1) is 12.6. The molecule has 1 atom stereocenters. The molecule has 2 aromatic rings. The van der Waals surface area contributed by atoms with Crippen molar-refractivity contribution in [3.05, 3.63) is 63.0 Å². The van der Waals surface area contributed by atoms with E-state index in [0.717, 1.165) is 0 Å². The van der Waals surface area contributed by atoms with Crippen molar-refractivity contribution in [3.8, 4) is 0 Å². The van der Waals surface area contributed by atoms with Crippen molar-refractivity contribution in [1.82, 2.24) is 4.90 Å². The van der Waals surface area contributed by atoms with Gasteiger partial charge in [0.1, 0.15) is 4.88 Å². The van der Waals surface area contributed by atoms with Crippen LogP contribution < -0.4 is 0 Å². The summed E-state index contributed by atoms with van der Waals surface area (Å²) in [6.07, 6.45) is -1.11. The van der Waals surface area contributed by atoms with Gasteiger partial charge in [-0.1, -0.05) is 41.7 Å². The predicted octanol–water partition coefficient (Wildman–Crippen LogP) is 2.41. The molecule has 1 fully saturated rings. The fraction of sp³-hybridized carbons (Fsp3) is 0.294. The number of carbonyl (C=O) groups is 2. The first-order valence-corrected chi connectivity index (χ1v) is 8.74. The number of thiophene rings is 1.